The van der Waals surface area contributed by atoms with Gasteiger partial charge in [-0.3, -0.25) is 9.69 Å². The number of fused-ring (bicyclic) bond motifs is 1. The van der Waals surface area contributed by atoms with Crippen molar-refractivity contribution >= 4 is 15.7 Å². The molecule has 1 aromatic rings. The molecule has 6 heteroatoms. The summed E-state index contributed by atoms with van der Waals surface area (Å²) >= 11 is 0. The van der Waals surface area contributed by atoms with Crippen LogP contribution in [0.1, 0.15) is 29.5 Å². The van der Waals surface area contributed by atoms with E-state index in [0.717, 1.165) is 18.4 Å². The Morgan fingerprint density at radius 2 is 1.79 bits per heavy atom. The second kappa shape index (κ2) is 7.66. The molecular weight excluding hydrogens is 324 g/mol. The summed E-state index contributed by atoms with van der Waals surface area (Å²) in [6.07, 6.45) is 5.22. The third kappa shape index (κ3) is 4.80. The Kier molecular flexibility index (Phi) is 5.56. The van der Waals surface area contributed by atoms with E-state index in [4.69, 9.17) is 0 Å². The Labute approximate surface area is 144 Å². The van der Waals surface area contributed by atoms with Crippen molar-refractivity contribution in [2.45, 2.75) is 32.1 Å². The Bertz CT molecular complexity index is 686. The van der Waals surface area contributed by atoms with Crippen LogP contribution < -0.4 is 5.32 Å². The van der Waals surface area contributed by atoms with Gasteiger partial charge in [0.05, 0.1) is 17.9 Å². The lowest BCUT2D eigenvalue weighted by Gasteiger charge is -2.26. The molecule has 1 aliphatic carbocycles. The van der Waals surface area contributed by atoms with Gasteiger partial charge in [-0.05, 0) is 42.4 Å². The van der Waals surface area contributed by atoms with Crippen molar-refractivity contribution in [2.24, 2.45) is 0 Å². The van der Waals surface area contributed by atoms with Crippen molar-refractivity contribution in [3.63, 3.8) is 0 Å². The van der Waals surface area contributed by atoms with E-state index in [1.165, 1.54) is 24.0 Å². The number of hydrogen-bond acceptors (Lipinski definition) is 4. The molecule has 1 saturated heterocycles. The smallest absolute Gasteiger partial charge is 0.224 e. The van der Waals surface area contributed by atoms with Crippen molar-refractivity contribution in [3.8, 4) is 0 Å². The molecule has 0 spiro atoms. The highest BCUT2D eigenvalue weighted by atomic mass is 32.2. The zero-order valence-corrected chi connectivity index (χ0v) is 14.9. The predicted octanol–water partition coefficient (Wildman–Crippen LogP) is 0.955. The van der Waals surface area contributed by atoms with Crippen molar-refractivity contribution in [3.05, 3.63) is 34.9 Å². The maximum absolute atomic E-state index is 12.1. The standard InChI is InChI=1S/C18H26N2O3S/c21-18(19-7-8-20-9-11-24(22,23)12-10-20)14-15-5-6-16-3-1-2-4-17(16)13-15/h5-6,13H,1-4,7-12,14H2,(H,19,21). The summed E-state index contributed by atoms with van der Waals surface area (Å²) in [7, 11) is -2.83. The molecule has 0 aromatic heterocycles. The van der Waals surface area contributed by atoms with Crippen molar-refractivity contribution in [1.82, 2.24) is 10.2 Å². The molecule has 0 bridgehead atoms. The van der Waals surface area contributed by atoms with E-state index < -0.39 is 9.84 Å². The highest BCUT2D eigenvalue weighted by molar-refractivity contribution is 7.91. The maximum atomic E-state index is 12.1. The molecule has 3 rings (SSSR count). The van der Waals surface area contributed by atoms with E-state index >= 15 is 0 Å². The summed E-state index contributed by atoms with van der Waals surface area (Å²) in [5, 5.41) is 2.95. The SMILES string of the molecule is O=C(Cc1ccc2c(c1)CCCC2)NCCN1CCS(=O)(=O)CC1. The molecule has 0 saturated carbocycles. The van der Waals surface area contributed by atoms with E-state index in [9.17, 15) is 13.2 Å². The van der Waals surface area contributed by atoms with Crippen LogP contribution in [0.4, 0.5) is 0 Å². The molecular formula is C18H26N2O3S. The molecule has 1 fully saturated rings. The van der Waals surface area contributed by atoms with E-state index in [1.807, 2.05) is 0 Å². The van der Waals surface area contributed by atoms with Crippen LogP contribution >= 0.6 is 0 Å². The molecule has 1 heterocycles. The summed E-state index contributed by atoms with van der Waals surface area (Å²) < 4.78 is 22.8. The normalized spacial score (nSPS) is 20.3. The number of nitrogens with one attached hydrogen (secondary N) is 1. The van der Waals surface area contributed by atoms with Gasteiger partial charge in [-0.15, -0.1) is 0 Å². The molecule has 1 aliphatic heterocycles. The van der Waals surface area contributed by atoms with Gasteiger partial charge < -0.3 is 5.32 Å². The highest BCUT2D eigenvalue weighted by Gasteiger charge is 2.21. The second-order valence-electron chi connectivity index (χ2n) is 6.83. The number of rotatable bonds is 5. The first-order valence-corrected chi connectivity index (χ1v) is 10.6. The van der Waals surface area contributed by atoms with Crippen LogP contribution in [-0.2, 0) is 33.9 Å². The van der Waals surface area contributed by atoms with E-state index in [2.05, 4.69) is 28.4 Å². The van der Waals surface area contributed by atoms with Gasteiger partial charge in [0.2, 0.25) is 5.91 Å². The van der Waals surface area contributed by atoms with Gasteiger partial charge in [-0.2, -0.15) is 0 Å². The predicted molar refractivity (Wildman–Crippen MR) is 94.9 cm³/mol. The summed E-state index contributed by atoms with van der Waals surface area (Å²) in [6.45, 7) is 2.43. The summed E-state index contributed by atoms with van der Waals surface area (Å²) in [6, 6.07) is 6.42. The fourth-order valence-corrected chi connectivity index (χ4v) is 4.75. The lowest BCUT2D eigenvalue weighted by molar-refractivity contribution is -0.120. The third-order valence-corrected chi connectivity index (χ3v) is 6.57. The minimum Gasteiger partial charge on any atom is -0.355 e. The summed E-state index contributed by atoms with van der Waals surface area (Å²) in [5.41, 5.74) is 3.92. The van der Waals surface area contributed by atoms with Crippen LogP contribution in [0.3, 0.4) is 0 Å². The van der Waals surface area contributed by atoms with Crippen LogP contribution in [0, 0.1) is 0 Å². The van der Waals surface area contributed by atoms with Crippen molar-refractivity contribution in [2.75, 3.05) is 37.7 Å². The molecule has 1 amide bonds. The van der Waals surface area contributed by atoms with E-state index in [-0.39, 0.29) is 17.4 Å². The monoisotopic (exact) mass is 350 g/mol. The quantitative estimate of drug-likeness (QED) is 0.859. The lowest BCUT2D eigenvalue weighted by Crippen LogP contribution is -2.44. The zero-order valence-electron chi connectivity index (χ0n) is 14.1. The summed E-state index contributed by atoms with van der Waals surface area (Å²) in [5.74, 6) is 0.502. The summed E-state index contributed by atoms with van der Waals surface area (Å²) in [4.78, 5) is 14.2. The van der Waals surface area contributed by atoms with E-state index in [1.54, 1.807) is 0 Å². The number of hydrogen-bond donors (Lipinski definition) is 1. The van der Waals surface area contributed by atoms with Crippen LogP contribution in [0.2, 0.25) is 0 Å². The zero-order chi connectivity index (χ0) is 17.0. The third-order valence-electron chi connectivity index (χ3n) is 4.96. The Hall–Kier alpha value is -1.40. The average Bonchev–Trinajstić information content (AvgIpc) is 2.56. The minimum atomic E-state index is -2.83. The molecule has 1 aromatic carbocycles. The topological polar surface area (TPSA) is 66.5 Å². The van der Waals surface area contributed by atoms with Gasteiger partial charge in [-0.25, -0.2) is 8.42 Å². The van der Waals surface area contributed by atoms with Crippen LogP contribution in [-0.4, -0.2) is 56.9 Å². The first-order valence-electron chi connectivity index (χ1n) is 8.82. The first kappa shape index (κ1) is 17.4. The molecule has 1 N–H and O–H groups in total. The fraction of sp³-hybridized carbons (Fsp3) is 0.611. The number of sulfone groups is 1. The average molecular weight is 350 g/mol. The van der Waals surface area contributed by atoms with Crippen LogP contribution in [0.15, 0.2) is 18.2 Å². The van der Waals surface area contributed by atoms with Gasteiger partial charge in [0.1, 0.15) is 0 Å². The number of aryl methyl sites for hydroxylation is 2. The molecule has 0 atom stereocenters. The molecule has 24 heavy (non-hydrogen) atoms. The fourth-order valence-electron chi connectivity index (χ4n) is 3.47. The van der Waals surface area contributed by atoms with Gasteiger partial charge in [0.15, 0.2) is 9.84 Å². The molecule has 132 valence electrons. The Balaban J connectivity index is 1.41. The number of carbonyl (C=O) groups is 1. The Morgan fingerprint density at radius 3 is 2.54 bits per heavy atom. The number of benzene rings is 1. The van der Waals surface area contributed by atoms with Crippen LogP contribution in [0.5, 0.6) is 0 Å². The lowest BCUT2D eigenvalue weighted by atomic mass is 9.90. The first-order chi connectivity index (χ1) is 11.5. The van der Waals surface area contributed by atoms with Crippen molar-refractivity contribution in [1.29, 1.82) is 0 Å². The molecule has 0 radical (unpaired) electrons. The largest absolute Gasteiger partial charge is 0.355 e. The maximum Gasteiger partial charge on any atom is 0.224 e. The number of amides is 1. The number of carbonyl (C=O) groups excluding carboxylic acids is 1. The molecule has 5 nitrogen and oxygen atoms in total. The molecule has 0 unspecified atom stereocenters. The van der Waals surface area contributed by atoms with Crippen LogP contribution in [0.25, 0.3) is 0 Å². The number of nitrogens with zero attached hydrogens (tertiary/aromatic N) is 1. The van der Waals surface area contributed by atoms with Gasteiger partial charge in [0, 0.05) is 26.2 Å². The van der Waals surface area contributed by atoms with Gasteiger partial charge in [0.25, 0.3) is 0 Å². The van der Waals surface area contributed by atoms with Gasteiger partial charge >= 0.3 is 0 Å². The Morgan fingerprint density at radius 1 is 1.08 bits per heavy atom. The molecule has 2 aliphatic rings. The highest BCUT2D eigenvalue weighted by Crippen LogP contribution is 2.22. The van der Waals surface area contributed by atoms with Crippen molar-refractivity contribution < 1.29 is 13.2 Å². The minimum absolute atomic E-state index is 0.0374. The van der Waals surface area contributed by atoms with E-state index in [0.29, 0.717) is 32.6 Å². The van der Waals surface area contributed by atoms with Gasteiger partial charge in [-0.1, -0.05) is 18.2 Å². The second-order valence-corrected chi connectivity index (χ2v) is 9.13.